The van der Waals surface area contributed by atoms with Crippen molar-refractivity contribution in [2.75, 3.05) is 20.1 Å². The summed E-state index contributed by atoms with van der Waals surface area (Å²) in [5.74, 6) is 0.642. The maximum Gasteiger partial charge on any atom is 0.0728 e. The van der Waals surface area contributed by atoms with Gasteiger partial charge in [0.15, 0.2) is 0 Å². The van der Waals surface area contributed by atoms with E-state index < -0.39 is 0 Å². The Bertz CT molecular complexity index is 419. The molecule has 2 aliphatic rings. The van der Waals surface area contributed by atoms with Crippen molar-refractivity contribution in [2.45, 2.75) is 25.7 Å². The number of rotatable bonds is 2. The van der Waals surface area contributed by atoms with Crippen LogP contribution in [0.1, 0.15) is 29.2 Å². The van der Waals surface area contributed by atoms with Crippen molar-refractivity contribution < 1.29 is 4.74 Å². The zero-order valence-corrected chi connectivity index (χ0v) is 10.4. The van der Waals surface area contributed by atoms with Crippen molar-refractivity contribution >= 4 is 0 Å². The lowest BCUT2D eigenvalue weighted by atomic mass is 9.94. The second-order valence-corrected chi connectivity index (χ2v) is 5.27. The van der Waals surface area contributed by atoms with Crippen molar-refractivity contribution in [2.24, 2.45) is 11.7 Å². The lowest BCUT2D eigenvalue weighted by molar-refractivity contribution is 0.133. The van der Waals surface area contributed by atoms with Crippen LogP contribution in [0.15, 0.2) is 18.2 Å². The number of hydrogen-bond acceptors (Lipinski definition) is 3. The van der Waals surface area contributed by atoms with Crippen molar-refractivity contribution in [1.82, 2.24) is 4.90 Å². The van der Waals surface area contributed by atoms with Gasteiger partial charge >= 0.3 is 0 Å². The van der Waals surface area contributed by atoms with Gasteiger partial charge in [-0.05, 0) is 42.6 Å². The van der Waals surface area contributed by atoms with Crippen LogP contribution in [-0.2, 0) is 18.0 Å². The van der Waals surface area contributed by atoms with E-state index in [1.165, 1.54) is 23.1 Å². The summed E-state index contributed by atoms with van der Waals surface area (Å²) in [5, 5.41) is 0. The minimum Gasteiger partial charge on any atom is -0.372 e. The molecule has 0 aliphatic carbocycles. The highest BCUT2D eigenvalue weighted by molar-refractivity contribution is 5.38. The van der Waals surface area contributed by atoms with E-state index in [1.807, 2.05) is 0 Å². The number of nitrogens with zero attached hydrogens (tertiary/aromatic N) is 1. The first-order valence-electron chi connectivity index (χ1n) is 6.38. The fraction of sp³-hybridized carbons (Fsp3) is 0.571. The molecule has 2 heterocycles. The second kappa shape index (κ2) is 4.41. The van der Waals surface area contributed by atoms with Crippen LogP contribution in [0.5, 0.6) is 0 Å². The number of nitrogens with two attached hydrogens (primary N) is 1. The molecule has 0 saturated carbocycles. The summed E-state index contributed by atoms with van der Waals surface area (Å²) in [5.41, 5.74) is 10.0. The van der Waals surface area contributed by atoms with Crippen LogP contribution in [0.3, 0.4) is 0 Å². The maximum absolute atomic E-state index is 5.80. The second-order valence-electron chi connectivity index (χ2n) is 5.27. The van der Waals surface area contributed by atoms with Crippen molar-refractivity contribution in [3.8, 4) is 0 Å². The van der Waals surface area contributed by atoms with Gasteiger partial charge in [0.2, 0.25) is 0 Å². The Morgan fingerprint density at radius 3 is 3.06 bits per heavy atom. The third-order valence-electron chi connectivity index (χ3n) is 4.14. The number of likely N-dealkylation sites (tertiary alicyclic amines) is 1. The van der Waals surface area contributed by atoms with Gasteiger partial charge in [0.25, 0.3) is 0 Å². The summed E-state index contributed by atoms with van der Waals surface area (Å²) in [7, 11) is 2.20. The van der Waals surface area contributed by atoms with Gasteiger partial charge in [-0.15, -0.1) is 0 Å². The zero-order valence-electron chi connectivity index (χ0n) is 10.4. The van der Waals surface area contributed by atoms with Crippen molar-refractivity contribution in [3.63, 3.8) is 0 Å². The number of ether oxygens (including phenoxy) is 1. The predicted octanol–water partition coefficient (Wildman–Crippen LogP) is 1.67. The Labute approximate surface area is 103 Å². The number of benzene rings is 1. The van der Waals surface area contributed by atoms with Crippen molar-refractivity contribution in [3.05, 3.63) is 34.9 Å². The van der Waals surface area contributed by atoms with Gasteiger partial charge in [0.1, 0.15) is 0 Å². The molecule has 2 unspecified atom stereocenters. The lowest BCUT2D eigenvalue weighted by Crippen LogP contribution is -2.21. The first-order valence-corrected chi connectivity index (χ1v) is 6.38. The lowest BCUT2D eigenvalue weighted by Gasteiger charge is -2.21. The van der Waals surface area contributed by atoms with Crippen molar-refractivity contribution in [1.29, 1.82) is 0 Å². The highest BCUT2D eigenvalue weighted by Crippen LogP contribution is 2.37. The normalized spacial score (nSPS) is 28.6. The molecule has 0 spiro atoms. The number of fused-ring (bicyclic) bond motifs is 1. The average Bonchev–Trinajstić information content (AvgIpc) is 2.94. The molecule has 0 aromatic heterocycles. The van der Waals surface area contributed by atoms with Crippen LogP contribution in [0.25, 0.3) is 0 Å². The van der Waals surface area contributed by atoms with E-state index >= 15 is 0 Å². The molecule has 1 saturated heterocycles. The summed E-state index contributed by atoms with van der Waals surface area (Å²) in [6.45, 7) is 3.47. The van der Waals surface area contributed by atoms with Crippen LogP contribution < -0.4 is 5.73 Å². The molecule has 3 rings (SSSR count). The van der Waals surface area contributed by atoms with Gasteiger partial charge in [-0.3, -0.25) is 4.90 Å². The van der Waals surface area contributed by atoms with Crippen LogP contribution in [0.4, 0.5) is 0 Å². The molecule has 1 aromatic rings. The van der Waals surface area contributed by atoms with E-state index in [9.17, 15) is 0 Å². The van der Waals surface area contributed by atoms with Gasteiger partial charge < -0.3 is 10.5 Å². The highest BCUT2D eigenvalue weighted by Gasteiger charge is 2.32. The molecule has 3 heteroatoms. The minimum absolute atomic E-state index is 0.528. The third-order valence-corrected chi connectivity index (χ3v) is 4.14. The Kier molecular flexibility index (Phi) is 2.90. The largest absolute Gasteiger partial charge is 0.372 e. The van der Waals surface area contributed by atoms with Gasteiger partial charge in [0, 0.05) is 12.6 Å². The Hall–Kier alpha value is -0.900. The molecule has 92 valence electrons. The molecule has 3 nitrogen and oxygen atoms in total. The third kappa shape index (κ3) is 1.88. The summed E-state index contributed by atoms with van der Waals surface area (Å²) >= 11 is 0. The Balaban J connectivity index is 1.92. The van der Waals surface area contributed by atoms with Crippen LogP contribution in [0.2, 0.25) is 0 Å². The maximum atomic E-state index is 5.80. The fourth-order valence-electron chi connectivity index (χ4n) is 3.18. The van der Waals surface area contributed by atoms with E-state index in [1.54, 1.807) is 0 Å². The molecule has 17 heavy (non-hydrogen) atoms. The molecule has 0 radical (unpaired) electrons. The molecule has 1 fully saturated rings. The SMILES string of the molecule is CN1CC(CN)CC1c1cccc2c1COC2. The van der Waals surface area contributed by atoms with Crippen LogP contribution >= 0.6 is 0 Å². The zero-order chi connectivity index (χ0) is 11.8. The number of hydrogen-bond donors (Lipinski definition) is 1. The average molecular weight is 232 g/mol. The van der Waals surface area contributed by atoms with E-state index in [4.69, 9.17) is 10.5 Å². The monoisotopic (exact) mass is 232 g/mol. The molecule has 2 N–H and O–H groups in total. The van der Waals surface area contributed by atoms with Crippen LogP contribution in [0, 0.1) is 5.92 Å². The topological polar surface area (TPSA) is 38.5 Å². The Morgan fingerprint density at radius 1 is 1.41 bits per heavy atom. The molecular formula is C14H20N2O. The predicted molar refractivity (Wildman–Crippen MR) is 67.5 cm³/mol. The Morgan fingerprint density at radius 2 is 2.29 bits per heavy atom. The summed E-state index contributed by atoms with van der Waals surface area (Å²) in [6, 6.07) is 7.13. The van der Waals surface area contributed by atoms with Crippen LogP contribution in [-0.4, -0.2) is 25.0 Å². The van der Waals surface area contributed by atoms with Gasteiger partial charge in [-0.2, -0.15) is 0 Å². The molecule has 2 atom stereocenters. The van der Waals surface area contributed by atoms with E-state index in [2.05, 4.69) is 30.1 Å². The highest BCUT2D eigenvalue weighted by atomic mass is 16.5. The fourth-order valence-corrected chi connectivity index (χ4v) is 3.18. The van der Waals surface area contributed by atoms with E-state index in [-0.39, 0.29) is 0 Å². The van der Waals surface area contributed by atoms with Gasteiger partial charge in [0.05, 0.1) is 13.2 Å². The summed E-state index contributed by atoms with van der Waals surface area (Å²) < 4.78 is 5.56. The molecule has 0 bridgehead atoms. The van der Waals surface area contributed by atoms with Gasteiger partial charge in [-0.25, -0.2) is 0 Å². The van der Waals surface area contributed by atoms with E-state index in [0.29, 0.717) is 12.0 Å². The molecule has 2 aliphatic heterocycles. The van der Waals surface area contributed by atoms with Gasteiger partial charge in [-0.1, -0.05) is 18.2 Å². The summed E-state index contributed by atoms with van der Waals surface area (Å²) in [6.07, 6.45) is 1.18. The standard InChI is InChI=1S/C14H20N2O/c1-16-7-10(6-15)5-14(16)12-4-2-3-11-8-17-9-13(11)12/h2-4,10,14H,5-9,15H2,1H3. The molecular weight excluding hydrogens is 212 g/mol. The molecule has 0 amide bonds. The minimum atomic E-state index is 0.528. The smallest absolute Gasteiger partial charge is 0.0728 e. The molecule has 1 aromatic carbocycles. The quantitative estimate of drug-likeness (QED) is 0.843. The summed E-state index contributed by atoms with van der Waals surface area (Å²) in [4.78, 5) is 2.44. The van der Waals surface area contributed by atoms with E-state index in [0.717, 1.165) is 26.3 Å². The first-order chi connectivity index (χ1) is 8.29. The first kappa shape index (κ1) is 11.2.